The minimum atomic E-state index is -0.740. The second-order valence-electron chi connectivity index (χ2n) is 8.89. The minimum absolute atomic E-state index is 0.00896. The number of carbonyl (C=O) groups is 3. The van der Waals surface area contributed by atoms with Gasteiger partial charge >= 0.3 is 0 Å². The summed E-state index contributed by atoms with van der Waals surface area (Å²) < 4.78 is 0. The molecule has 1 heterocycles. The fraction of sp³-hybridized carbons (Fsp3) is 0.133. The van der Waals surface area contributed by atoms with E-state index in [2.05, 4.69) is 27.3 Å². The van der Waals surface area contributed by atoms with E-state index in [0.717, 1.165) is 11.8 Å². The molecule has 0 radical (unpaired) electrons. The van der Waals surface area contributed by atoms with Crippen LogP contribution in [0.3, 0.4) is 0 Å². The van der Waals surface area contributed by atoms with Gasteiger partial charge < -0.3 is 21.3 Å². The number of dihydropyridines is 1. The average molecular weight is 572 g/mol. The molecule has 1 unspecified atom stereocenters. The Hall–Kier alpha value is -4.52. The molecule has 1 aliphatic heterocycles. The monoisotopic (exact) mass is 571 g/mol. The average Bonchev–Trinajstić information content (AvgIpc) is 2.93. The summed E-state index contributed by atoms with van der Waals surface area (Å²) in [6.45, 7) is 3.18. The Morgan fingerprint density at radius 3 is 2.12 bits per heavy atom. The summed E-state index contributed by atoms with van der Waals surface area (Å²) in [7, 11) is 0. The SMILES string of the molecule is CC(=O)Nc1ccc(NC(=O)CSC2=C(C#N)C(c3ccccc3Cl)C(C(=O)Nc3ccccc3)=C(C)N2)cc1. The van der Waals surface area contributed by atoms with E-state index in [1.165, 1.54) is 6.92 Å². The fourth-order valence-corrected chi connectivity index (χ4v) is 5.38. The maximum absolute atomic E-state index is 13.5. The highest BCUT2D eigenvalue weighted by atomic mass is 35.5. The van der Waals surface area contributed by atoms with Crippen LogP contribution in [0.2, 0.25) is 5.02 Å². The van der Waals surface area contributed by atoms with E-state index in [9.17, 15) is 19.6 Å². The maximum Gasteiger partial charge on any atom is 0.254 e. The summed E-state index contributed by atoms with van der Waals surface area (Å²) in [5.74, 6) is -1.56. The Morgan fingerprint density at radius 2 is 1.50 bits per heavy atom. The highest BCUT2D eigenvalue weighted by molar-refractivity contribution is 8.03. The van der Waals surface area contributed by atoms with E-state index in [1.54, 1.807) is 67.6 Å². The zero-order chi connectivity index (χ0) is 28.6. The normalized spacial score (nSPS) is 14.6. The maximum atomic E-state index is 13.5. The van der Waals surface area contributed by atoms with E-state index in [4.69, 9.17) is 11.6 Å². The van der Waals surface area contributed by atoms with Gasteiger partial charge in [0.1, 0.15) is 0 Å². The van der Waals surface area contributed by atoms with Crippen LogP contribution in [0.5, 0.6) is 0 Å². The molecule has 10 heteroatoms. The number of benzene rings is 3. The Morgan fingerprint density at radius 1 is 0.900 bits per heavy atom. The number of hydrogen-bond donors (Lipinski definition) is 4. The summed E-state index contributed by atoms with van der Waals surface area (Å²) in [5.41, 5.74) is 3.62. The largest absolute Gasteiger partial charge is 0.353 e. The molecular weight excluding hydrogens is 546 g/mol. The van der Waals surface area contributed by atoms with Crippen LogP contribution in [-0.4, -0.2) is 23.5 Å². The highest BCUT2D eigenvalue weighted by Crippen LogP contribution is 2.43. The van der Waals surface area contributed by atoms with Crippen molar-refractivity contribution in [3.63, 3.8) is 0 Å². The molecule has 8 nitrogen and oxygen atoms in total. The molecule has 0 saturated heterocycles. The third kappa shape index (κ3) is 6.91. The van der Waals surface area contributed by atoms with Crippen LogP contribution >= 0.6 is 23.4 Å². The number of thioether (sulfide) groups is 1. The van der Waals surface area contributed by atoms with Crippen molar-refractivity contribution in [1.29, 1.82) is 5.26 Å². The predicted octanol–water partition coefficient (Wildman–Crippen LogP) is 6.00. The van der Waals surface area contributed by atoms with Crippen LogP contribution in [0, 0.1) is 11.3 Å². The minimum Gasteiger partial charge on any atom is -0.353 e. The van der Waals surface area contributed by atoms with Crippen molar-refractivity contribution in [2.24, 2.45) is 0 Å². The lowest BCUT2D eigenvalue weighted by molar-refractivity contribution is -0.114. The second-order valence-corrected chi connectivity index (χ2v) is 10.3. The van der Waals surface area contributed by atoms with E-state index >= 15 is 0 Å². The van der Waals surface area contributed by atoms with Gasteiger partial charge in [-0.2, -0.15) is 5.26 Å². The first-order valence-corrected chi connectivity index (χ1v) is 13.7. The van der Waals surface area contributed by atoms with E-state index in [0.29, 0.717) is 43.9 Å². The van der Waals surface area contributed by atoms with Crippen molar-refractivity contribution >= 4 is 58.1 Å². The molecule has 3 aromatic carbocycles. The molecule has 1 atom stereocenters. The molecule has 0 bridgehead atoms. The molecule has 0 fully saturated rings. The van der Waals surface area contributed by atoms with Crippen LogP contribution in [0.25, 0.3) is 0 Å². The molecule has 202 valence electrons. The Balaban J connectivity index is 1.57. The van der Waals surface area contributed by atoms with Gasteiger partial charge in [-0.05, 0) is 55.0 Å². The van der Waals surface area contributed by atoms with Crippen molar-refractivity contribution < 1.29 is 14.4 Å². The van der Waals surface area contributed by atoms with Crippen LogP contribution in [-0.2, 0) is 14.4 Å². The number of nitrogens with one attached hydrogen (secondary N) is 4. The second kappa shape index (κ2) is 13.0. The zero-order valence-corrected chi connectivity index (χ0v) is 23.3. The Labute approximate surface area is 241 Å². The number of anilines is 3. The summed E-state index contributed by atoms with van der Waals surface area (Å²) in [6, 6.07) is 25.1. The number of rotatable bonds is 8. The molecule has 3 amide bonds. The van der Waals surface area contributed by atoms with E-state index in [-0.39, 0.29) is 29.0 Å². The van der Waals surface area contributed by atoms with Gasteiger partial charge in [-0.1, -0.05) is 59.8 Å². The number of allylic oxidation sites excluding steroid dienone is 2. The van der Waals surface area contributed by atoms with Gasteiger partial charge in [-0.25, -0.2) is 0 Å². The van der Waals surface area contributed by atoms with Crippen molar-refractivity contribution in [3.8, 4) is 6.07 Å². The molecule has 1 aliphatic rings. The summed E-state index contributed by atoms with van der Waals surface area (Å²) in [4.78, 5) is 37.5. The number of carbonyl (C=O) groups excluding carboxylic acids is 3. The summed E-state index contributed by atoms with van der Waals surface area (Å²) >= 11 is 7.72. The van der Waals surface area contributed by atoms with Crippen LogP contribution in [0.4, 0.5) is 17.1 Å². The Kier molecular flexibility index (Phi) is 9.27. The first-order valence-electron chi connectivity index (χ1n) is 12.3. The van der Waals surface area contributed by atoms with E-state index < -0.39 is 5.92 Å². The lowest BCUT2D eigenvalue weighted by atomic mass is 9.82. The molecule has 0 spiro atoms. The van der Waals surface area contributed by atoms with Crippen molar-refractivity contribution in [2.45, 2.75) is 19.8 Å². The van der Waals surface area contributed by atoms with Gasteiger partial charge in [0.2, 0.25) is 11.8 Å². The smallest absolute Gasteiger partial charge is 0.254 e. The molecule has 40 heavy (non-hydrogen) atoms. The number of amides is 3. The van der Waals surface area contributed by atoms with Gasteiger partial charge in [-0.15, -0.1) is 0 Å². The third-order valence-corrected chi connectivity index (χ3v) is 7.34. The molecule has 0 saturated carbocycles. The third-order valence-electron chi connectivity index (χ3n) is 5.98. The molecule has 3 aromatic rings. The van der Waals surface area contributed by atoms with Crippen molar-refractivity contribution in [2.75, 3.05) is 21.7 Å². The van der Waals surface area contributed by atoms with Gasteiger partial charge in [0.25, 0.3) is 5.91 Å². The lowest BCUT2D eigenvalue weighted by Gasteiger charge is -2.30. The predicted molar refractivity (Wildman–Crippen MR) is 160 cm³/mol. The first-order chi connectivity index (χ1) is 19.3. The molecule has 4 rings (SSSR count). The Bertz CT molecular complexity index is 1550. The van der Waals surface area contributed by atoms with Crippen LogP contribution in [0.1, 0.15) is 25.3 Å². The first kappa shape index (κ1) is 28.5. The number of nitriles is 1. The van der Waals surface area contributed by atoms with Crippen molar-refractivity contribution in [1.82, 2.24) is 5.32 Å². The van der Waals surface area contributed by atoms with E-state index in [1.807, 2.05) is 18.2 Å². The zero-order valence-electron chi connectivity index (χ0n) is 21.7. The number of nitrogens with zero attached hydrogens (tertiary/aromatic N) is 1. The van der Waals surface area contributed by atoms with Gasteiger partial charge in [0.15, 0.2) is 0 Å². The topological polar surface area (TPSA) is 123 Å². The van der Waals surface area contributed by atoms with Crippen LogP contribution < -0.4 is 21.3 Å². The number of para-hydroxylation sites is 1. The number of halogens is 1. The van der Waals surface area contributed by atoms with Gasteiger partial charge in [0.05, 0.1) is 28.3 Å². The van der Waals surface area contributed by atoms with Gasteiger partial charge in [0, 0.05) is 40.3 Å². The van der Waals surface area contributed by atoms with Crippen molar-refractivity contribution in [3.05, 3.63) is 111 Å². The molecule has 0 aromatic heterocycles. The number of hydrogen-bond acceptors (Lipinski definition) is 6. The van der Waals surface area contributed by atoms with Crippen LogP contribution in [0.15, 0.2) is 101 Å². The fourth-order valence-electron chi connectivity index (χ4n) is 4.24. The van der Waals surface area contributed by atoms with Gasteiger partial charge in [-0.3, -0.25) is 14.4 Å². The highest BCUT2D eigenvalue weighted by Gasteiger charge is 2.36. The summed E-state index contributed by atoms with van der Waals surface area (Å²) in [6.07, 6.45) is 0. The summed E-state index contributed by atoms with van der Waals surface area (Å²) in [5, 5.41) is 22.7. The molecule has 0 aliphatic carbocycles. The standard InChI is InChI=1S/C30H26ClN5O3S/c1-18-27(29(39)36-20-8-4-3-5-9-20)28(23-10-6-7-11-25(23)31)24(16-32)30(33-18)40-17-26(38)35-22-14-12-21(13-15-22)34-19(2)37/h3-15,28,33H,17H2,1-2H3,(H,34,37)(H,35,38)(H,36,39). The lowest BCUT2D eigenvalue weighted by Crippen LogP contribution is -2.31. The molecular formula is C30H26ClN5O3S. The quantitative estimate of drug-likeness (QED) is 0.263. The molecule has 4 N–H and O–H groups in total.